The minimum absolute atomic E-state index is 0.0885. The molecule has 32 heavy (non-hydrogen) atoms. The zero-order chi connectivity index (χ0) is 22.5. The average molecular weight is 425 g/mol. The molecule has 2 heterocycles. The lowest BCUT2D eigenvalue weighted by atomic mass is 9.97. The van der Waals surface area contributed by atoms with Crippen molar-refractivity contribution in [3.05, 3.63) is 93.2 Å². The van der Waals surface area contributed by atoms with Gasteiger partial charge >= 0.3 is 0 Å². The van der Waals surface area contributed by atoms with Gasteiger partial charge in [-0.25, -0.2) is 5.10 Å². The molecule has 0 bridgehead atoms. The van der Waals surface area contributed by atoms with Crippen molar-refractivity contribution in [2.45, 2.75) is 39.5 Å². The van der Waals surface area contributed by atoms with Gasteiger partial charge in [0, 0.05) is 28.8 Å². The molecule has 2 aromatic carbocycles. The summed E-state index contributed by atoms with van der Waals surface area (Å²) in [5.41, 5.74) is 5.42. The highest BCUT2D eigenvalue weighted by Crippen LogP contribution is 2.30. The lowest BCUT2D eigenvalue weighted by molar-refractivity contribution is 0.737. The Kier molecular flexibility index (Phi) is 6.22. The minimum atomic E-state index is -0.0885. The molecule has 7 heteroatoms. The Balaban J connectivity index is 1.97. The zero-order valence-corrected chi connectivity index (χ0v) is 18.2. The van der Waals surface area contributed by atoms with Crippen LogP contribution in [0.1, 0.15) is 48.0 Å². The van der Waals surface area contributed by atoms with Gasteiger partial charge in [0.05, 0.1) is 17.3 Å². The smallest absolute Gasteiger partial charge is 0.259 e. The van der Waals surface area contributed by atoms with Gasteiger partial charge in [0.1, 0.15) is 0 Å². The van der Waals surface area contributed by atoms with Crippen molar-refractivity contribution in [1.29, 1.82) is 5.26 Å². The Morgan fingerprint density at radius 1 is 1.09 bits per heavy atom. The van der Waals surface area contributed by atoms with Crippen molar-refractivity contribution in [3.63, 3.8) is 0 Å². The van der Waals surface area contributed by atoms with Crippen LogP contribution >= 0.6 is 0 Å². The molecule has 0 aliphatic carbocycles. The van der Waals surface area contributed by atoms with E-state index >= 15 is 0 Å². The number of aryl methyl sites for hydroxylation is 2. The van der Waals surface area contributed by atoms with E-state index in [1.165, 1.54) is 0 Å². The molecule has 0 radical (unpaired) electrons. The summed E-state index contributed by atoms with van der Waals surface area (Å²) < 4.78 is 1.80. The summed E-state index contributed by atoms with van der Waals surface area (Å²) in [5, 5.41) is 23.6. The van der Waals surface area contributed by atoms with Crippen LogP contribution in [0.3, 0.4) is 0 Å². The number of hydrogen-bond donors (Lipinski definition) is 1. The number of para-hydroxylation sites is 1. The van der Waals surface area contributed by atoms with E-state index in [0.717, 1.165) is 47.3 Å². The summed E-state index contributed by atoms with van der Waals surface area (Å²) in [7, 11) is 0. The second-order valence-corrected chi connectivity index (χ2v) is 7.74. The van der Waals surface area contributed by atoms with Crippen LogP contribution in [0.15, 0.2) is 59.4 Å². The molecule has 0 aliphatic heterocycles. The first-order valence-corrected chi connectivity index (χ1v) is 10.7. The molecule has 160 valence electrons. The van der Waals surface area contributed by atoms with Crippen LogP contribution in [0.4, 0.5) is 0 Å². The number of aromatic nitrogens is 5. The van der Waals surface area contributed by atoms with E-state index in [-0.39, 0.29) is 5.56 Å². The highest BCUT2D eigenvalue weighted by molar-refractivity contribution is 5.77. The first kappa shape index (κ1) is 21.2. The Morgan fingerprint density at radius 3 is 2.56 bits per heavy atom. The van der Waals surface area contributed by atoms with Crippen molar-refractivity contribution in [2.24, 2.45) is 0 Å². The van der Waals surface area contributed by atoms with Crippen molar-refractivity contribution >= 4 is 0 Å². The molecular weight excluding hydrogens is 400 g/mol. The second-order valence-electron chi connectivity index (χ2n) is 7.74. The summed E-state index contributed by atoms with van der Waals surface area (Å²) in [6, 6.07) is 19.6. The number of benzene rings is 2. The molecule has 2 aromatic heterocycles. The maximum absolute atomic E-state index is 13.9. The molecule has 0 amide bonds. The van der Waals surface area contributed by atoms with E-state index in [4.69, 9.17) is 0 Å². The second kappa shape index (κ2) is 9.40. The first-order valence-electron chi connectivity index (χ1n) is 10.7. The maximum atomic E-state index is 13.9. The van der Waals surface area contributed by atoms with Gasteiger partial charge in [-0.3, -0.25) is 9.36 Å². The summed E-state index contributed by atoms with van der Waals surface area (Å²) in [6.45, 7) is 4.09. The summed E-state index contributed by atoms with van der Waals surface area (Å²) in [4.78, 5) is 13.9. The monoisotopic (exact) mass is 424 g/mol. The number of unbranched alkanes of at least 4 members (excludes halogenated alkanes) is 1. The molecule has 0 fully saturated rings. The molecule has 0 saturated heterocycles. The lowest BCUT2D eigenvalue weighted by Gasteiger charge is -2.20. The van der Waals surface area contributed by atoms with Gasteiger partial charge in [-0.1, -0.05) is 49.7 Å². The third kappa shape index (κ3) is 4.08. The van der Waals surface area contributed by atoms with Crippen LogP contribution in [0.25, 0.3) is 16.8 Å². The van der Waals surface area contributed by atoms with Crippen LogP contribution in [0.5, 0.6) is 0 Å². The van der Waals surface area contributed by atoms with Crippen LogP contribution < -0.4 is 5.56 Å². The fourth-order valence-electron chi connectivity index (χ4n) is 3.99. The van der Waals surface area contributed by atoms with E-state index in [0.29, 0.717) is 23.4 Å². The molecule has 0 spiro atoms. The number of tetrazole rings is 1. The topological polar surface area (TPSA) is 100 Å². The SMILES string of the molecule is CCCCc1cc(C)c(Cc2nnn[nH]2)c(=O)n1-c1ccccc1-c1ccccc1C#N. The Morgan fingerprint density at radius 2 is 1.84 bits per heavy atom. The number of nitrogens with zero attached hydrogens (tertiary/aromatic N) is 5. The normalized spacial score (nSPS) is 10.8. The van der Waals surface area contributed by atoms with Crippen molar-refractivity contribution < 1.29 is 0 Å². The summed E-state index contributed by atoms with van der Waals surface area (Å²) in [6.07, 6.45) is 3.10. The van der Waals surface area contributed by atoms with Crippen LogP contribution in [-0.4, -0.2) is 25.2 Å². The predicted molar refractivity (Wildman–Crippen MR) is 123 cm³/mol. The van der Waals surface area contributed by atoms with Gasteiger partial charge in [0.25, 0.3) is 5.56 Å². The van der Waals surface area contributed by atoms with E-state index < -0.39 is 0 Å². The third-order valence-corrected chi connectivity index (χ3v) is 5.61. The van der Waals surface area contributed by atoms with E-state index in [2.05, 4.69) is 39.7 Å². The molecular formula is C25H24N6O. The summed E-state index contributed by atoms with van der Waals surface area (Å²) in [5.74, 6) is 0.543. The van der Waals surface area contributed by atoms with Crippen LogP contribution in [0.2, 0.25) is 0 Å². The van der Waals surface area contributed by atoms with Gasteiger partial charge in [-0.15, -0.1) is 5.10 Å². The standard InChI is InChI=1S/C25H24N6O/c1-3-4-10-19-14-17(2)22(15-24-27-29-30-28-24)25(32)31(19)23-13-8-7-12-21(23)20-11-6-5-9-18(20)16-26/h5-9,11-14H,3-4,10,15H2,1-2H3,(H,27,28,29,30). The van der Waals surface area contributed by atoms with E-state index in [1.807, 2.05) is 49.4 Å². The molecule has 0 atom stereocenters. The Hall–Kier alpha value is -4.05. The van der Waals surface area contributed by atoms with Crippen LogP contribution in [-0.2, 0) is 12.8 Å². The lowest BCUT2D eigenvalue weighted by Crippen LogP contribution is -2.27. The molecule has 1 N–H and O–H groups in total. The third-order valence-electron chi connectivity index (χ3n) is 5.61. The van der Waals surface area contributed by atoms with E-state index in [9.17, 15) is 10.1 Å². The molecule has 4 rings (SSSR count). The van der Waals surface area contributed by atoms with Gasteiger partial charge < -0.3 is 0 Å². The van der Waals surface area contributed by atoms with Crippen molar-refractivity contribution in [3.8, 4) is 22.9 Å². The number of hydrogen-bond acceptors (Lipinski definition) is 5. The predicted octanol–water partition coefficient (Wildman–Crippen LogP) is 4.13. The molecule has 7 nitrogen and oxygen atoms in total. The number of nitriles is 1. The fraction of sp³-hybridized carbons (Fsp3) is 0.240. The number of rotatable bonds is 7. The number of aromatic amines is 1. The Labute approximate surface area is 186 Å². The van der Waals surface area contributed by atoms with Gasteiger partial charge in [-0.2, -0.15) is 5.26 Å². The van der Waals surface area contributed by atoms with Crippen LogP contribution in [0, 0.1) is 18.3 Å². The maximum Gasteiger partial charge on any atom is 0.259 e. The van der Waals surface area contributed by atoms with E-state index in [1.54, 1.807) is 10.6 Å². The van der Waals surface area contributed by atoms with Crippen molar-refractivity contribution in [2.75, 3.05) is 0 Å². The van der Waals surface area contributed by atoms with Crippen molar-refractivity contribution in [1.82, 2.24) is 25.2 Å². The highest BCUT2D eigenvalue weighted by Gasteiger charge is 2.19. The first-order chi connectivity index (χ1) is 15.6. The molecule has 0 saturated carbocycles. The minimum Gasteiger partial charge on any atom is -0.280 e. The molecule has 4 aromatic rings. The average Bonchev–Trinajstić information content (AvgIpc) is 3.34. The molecule has 0 aliphatic rings. The Bertz CT molecular complexity index is 1330. The van der Waals surface area contributed by atoms with Gasteiger partial charge in [-0.05, 0) is 54.0 Å². The number of pyridine rings is 1. The fourth-order valence-corrected chi connectivity index (χ4v) is 3.99. The highest BCUT2D eigenvalue weighted by atomic mass is 16.1. The van der Waals surface area contributed by atoms with Gasteiger partial charge in [0.2, 0.25) is 0 Å². The largest absolute Gasteiger partial charge is 0.280 e. The molecule has 0 unspecified atom stereocenters. The summed E-state index contributed by atoms with van der Waals surface area (Å²) >= 11 is 0. The number of nitrogens with one attached hydrogen (secondary N) is 1. The number of H-pyrrole nitrogens is 1. The van der Waals surface area contributed by atoms with Gasteiger partial charge in [0.15, 0.2) is 5.82 Å². The quantitative estimate of drug-likeness (QED) is 0.481. The zero-order valence-electron chi connectivity index (χ0n) is 18.2.